The second-order valence-electron chi connectivity index (χ2n) is 14.7. The lowest BCUT2D eigenvalue weighted by molar-refractivity contribution is -0.138. The summed E-state index contributed by atoms with van der Waals surface area (Å²) in [6.45, 7) is 8.08. The number of ether oxygens (including phenoxy) is 11. The zero-order chi connectivity index (χ0) is 52.1. The minimum Gasteiger partial charge on any atom is -0.463 e. The number of nitrogens with zero attached hydrogens (tertiary/aromatic N) is 1. The van der Waals surface area contributed by atoms with E-state index < -0.39 is 48.3 Å². The van der Waals surface area contributed by atoms with E-state index in [0.717, 1.165) is 18.6 Å². The molecule has 2 fully saturated rings. The van der Waals surface area contributed by atoms with Crippen molar-refractivity contribution in [2.24, 2.45) is 5.18 Å². The number of fused-ring (bicyclic) bond motifs is 1. The van der Waals surface area contributed by atoms with E-state index in [1.165, 1.54) is 104 Å². The van der Waals surface area contributed by atoms with Gasteiger partial charge in [0.15, 0.2) is 6.10 Å². The van der Waals surface area contributed by atoms with Gasteiger partial charge in [0.05, 0.1) is 62.9 Å². The van der Waals surface area contributed by atoms with Crippen LogP contribution in [0.25, 0.3) is 0 Å². The first-order chi connectivity index (χ1) is 34.8. The van der Waals surface area contributed by atoms with Gasteiger partial charge in [-0.2, -0.15) is 4.91 Å². The number of esters is 5. The highest BCUT2D eigenvalue weighted by Crippen LogP contribution is 2.29. The molecule has 21 nitrogen and oxygen atoms in total. The molecule has 0 radical (unpaired) electrons. The Hall–Kier alpha value is -8.56. The fraction of sp³-hybridized carbons (Fsp3) is 0.294. The predicted octanol–water partition coefficient (Wildman–Crippen LogP) is 7.77. The third-order valence-corrected chi connectivity index (χ3v) is 9.63. The molecule has 380 valence electrons. The van der Waals surface area contributed by atoms with Gasteiger partial charge in [0.1, 0.15) is 35.4 Å². The monoisotopic (exact) mass is 997 g/mol. The number of hydrogen-bond donors (Lipinski definition) is 0. The highest BCUT2D eigenvalue weighted by Gasteiger charge is 2.44. The summed E-state index contributed by atoms with van der Waals surface area (Å²) in [7, 11) is 1.19. The van der Waals surface area contributed by atoms with E-state index in [2.05, 4.69) is 18.3 Å². The molecular formula is C51H51NO20. The Morgan fingerprint density at radius 1 is 0.556 bits per heavy atom. The van der Waals surface area contributed by atoms with Gasteiger partial charge in [-0.25, -0.2) is 33.6 Å². The van der Waals surface area contributed by atoms with Crippen molar-refractivity contribution in [3.8, 4) is 23.0 Å². The molecule has 2 saturated heterocycles. The lowest BCUT2D eigenvalue weighted by atomic mass is 10.1. The lowest BCUT2D eigenvalue weighted by Gasteiger charge is -2.16. The molecule has 0 amide bonds. The van der Waals surface area contributed by atoms with Gasteiger partial charge in [0.2, 0.25) is 0 Å². The Bertz CT molecular complexity index is 2450. The van der Waals surface area contributed by atoms with Crippen molar-refractivity contribution in [2.75, 3.05) is 46.7 Å². The molecule has 2 aliphatic heterocycles. The molecule has 0 spiro atoms. The van der Waals surface area contributed by atoms with E-state index in [4.69, 9.17) is 57.0 Å². The summed E-state index contributed by atoms with van der Waals surface area (Å²) < 4.78 is 56.8. The summed E-state index contributed by atoms with van der Waals surface area (Å²) in [5, 5.41) is 2.25. The highest BCUT2D eigenvalue weighted by molar-refractivity contribution is 5.93. The number of hydrogen-bond acceptors (Lipinski definition) is 21. The van der Waals surface area contributed by atoms with Crippen LogP contribution in [0.2, 0.25) is 0 Å². The van der Waals surface area contributed by atoms with Crippen LogP contribution >= 0.6 is 0 Å². The van der Waals surface area contributed by atoms with Crippen LogP contribution < -0.4 is 18.9 Å². The first kappa shape index (κ1) is 56.0. The van der Waals surface area contributed by atoms with Crippen molar-refractivity contribution in [3.05, 3.63) is 150 Å². The van der Waals surface area contributed by atoms with Crippen molar-refractivity contribution >= 4 is 48.4 Å². The zero-order valence-electron chi connectivity index (χ0n) is 39.0. The van der Waals surface area contributed by atoms with Gasteiger partial charge in [0.25, 0.3) is 0 Å². The molecule has 0 bridgehead atoms. The summed E-state index contributed by atoms with van der Waals surface area (Å²) in [5.74, 6) is -1.83. The first-order valence-electron chi connectivity index (χ1n) is 22.1. The van der Waals surface area contributed by atoms with Gasteiger partial charge < -0.3 is 52.1 Å². The lowest BCUT2D eigenvalue weighted by Crippen LogP contribution is -2.32. The first-order valence-corrected chi connectivity index (χ1v) is 22.1. The summed E-state index contributed by atoms with van der Waals surface area (Å²) in [5.41, 5.74) is 1.25. The van der Waals surface area contributed by atoms with Crippen molar-refractivity contribution in [1.29, 1.82) is 0 Å². The van der Waals surface area contributed by atoms with Crippen LogP contribution in [-0.4, -0.2) is 113 Å². The van der Waals surface area contributed by atoms with Gasteiger partial charge in [-0.15, -0.1) is 0 Å². The molecule has 4 aromatic rings. The van der Waals surface area contributed by atoms with E-state index in [-0.39, 0.29) is 67.0 Å². The normalized spacial score (nSPS) is 14.8. The Labute approximate surface area is 412 Å². The molecule has 0 aliphatic carbocycles. The largest absolute Gasteiger partial charge is 0.513 e. The van der Waals surface area contributed by atoms with E-state index in [1.54, 1.807) is 0 Å². The zero-order valence-corrected chi connectivity index (χ0v) is 39.0. The second kappa shape index (κ2) is 30.8. The molecule has 21 heteroatoms. The van der Waals surface area contributed by atoms with Crippen LogP contribution in [0.3, 0.4) is 0 Å². The van der Waals surface area contributed by atoms with Crippen LogP contribution in [0.4, 0.5) is 9.59 Å². The topological polar surface area (TPSA) is 268 Å². The van der Waals surface area contributed by atoms with Gasteiger partial charge in [0, 0.05) is 24.3 Å². The van der Waals surface area contributed by atoms with Crippen molar-refractivity contribution < 1.29 is 90.5 Å². The van der Waals surface area contributed by atoms with Crippen molar-refractivity contribution in [3.63, 3.8) is 0 Å². The van der Waals surface area contributed by atoms with Crippen LogP contribution in [0.1, 0.15) is 73.5 Å². The van der Waals surface area contributed by atoms with Crippen LogP contribution in [0.15, 0.2) is 128 Å². The average Bonchev–Trinajstić information content (AvgIpc) is 4.02. The molecule has 4 aromatic carbocycles. The summed E-state index contributed by atoms with van der Waals surface area (Å²) >= 11 is 0. The van der Waals surface area contributed by atoms with E-state index in [9.17, 15) is 38.4 Å². The number of rotatable bonds is 21. The number of nitroso groups, excluding NO2 is 1. The van der Waals surface area contributed by atoms with Crippen molar-refractivity contribution in [1.82, 2.24) is 0 Å². The molecular weight excluding hydrogens is 947 g/mol. The summed E-state index contributed by atoms with van der Waals surface area (Å²) in [4.78, 5) is 102. The Morgan fingerprint density at radius 3 is 1.33 bits per heavy atom. The minimum atomic E-state index is -0.900. The van der Waals surface area contributed by atoms with E-state index >= 15 is 0 Å². The number of aldehydes is 1. The van der Waals surface area contributed by atoms with Crippen LogP contribution in [0.5, 0.6) is 23.0 Å². The standard InChI is InChI=1S/C28H28O11.C22H20O8.CH3NO/c1-2-24(29)33-14-3-4-15-35-28(32)38-21-11-7-18(8-12-21)26(30)37-20-9-5-19(6-10-20)27(31)39-23-17-36-22-13-16-34-25(22)23;1-2-20(24)27-13-3-4-14-28-22(26)30-19-11-7-17(8-12-19)21(25)29-18-9-5-16(15-23)6-10-18;1-2-3/h2,5-12,22-23,25H,1,3-4,13-17H2;2,5-12,15H,1,3-4,13-14H2;1H3/t22-,23-,25+;;/m1../s1. The Kier molecular flexibility index (Phi) is 24.0. The van der Waals surface area contributed by atoms with Crippen molar-refractivity contribution in [2.45, 2.75) is 50.4 Å². The van der Waals surface area contributed by atoms with Crippen LogP contribution in [-0.2, 0) is 42.7 Å². The number of carbonyl (C=O) groups is 8. The number of benzene rings is 4. The maximum Gasteiger partial charge on any atom is 0.513 e. The number of carbonyl (C=O) groups excluding carboxylic acids is 8. The molecule has 3 atom stereocenters. The molecule has 0 N–H and O–H groups in total. The minimum absolute atomic E-state index is 0.0303. The maximum absolute atomic E-state index is 12.5. The SMILES string of the molecule is C=CC(=O)OCCCCOC(=O)Oc1ccc(C(=O)Oc2ccc(C(=O)O[C@@H]3CO[C@@H]4CCO[C@@H]43)cc2)cc1.C=CC(=O)OCCCCOC(=O)Oc1ccc(C(=O)Oc2ccc(C=O)cc2)cc1.CN=O. The van der Waals surface area contributed by atoms with Gasteiger partial charge in [-0.1, -0.05) is 18.3 Å². The smallest absolute Gasteiger partial charge is 0.463 e. The number of unbranched alkanes of at least 4 members (excludes halogenated alkanes) is 2. The maximum atomic E-state index is 12.5. The second-order valence-corrected chi connectivity index (χ2v) is 14.7. The van der Waals surface area contributed by atoms with Gasteiger partial charge >= 0.3 is 42.2 Å². The summed E-state index contributed by atoms with van der Waals surface area (Å²) in [6, 6.07) is 23.6. The predicted molar refractivity (Wildman–Crippen MR) is 251 cm³/mol. The third kappa shape index (κ3) is 19.8. The van der Waals surface area contributed by atoms with E-state index in [1.807, 2.05) is 0 Å². The van der Waals surface area contributed by atoms with Crippen LogP contribution in [0, 0.1) is 4.91 Å². The molecule has 2 aliphatic rings. The fourth-order valence-electron chi connectivity index (χ4n) is 6.09. The van der Waals surface area contributed by atoms with Gasteiger partial charge in [-0.05, 0) is 129 Å². The molecule has 72 heavy (non-hydrogen) atoms. The average molecular weight is 998 g/mol. The molecule has 0 aromatic heterocycles. The molecule has 6 rings (SSSR count). The van der Waals surface area contributed by atoms with Gasteiger partial charge in [-0.3, -0.25) is 4.79 Å². The fourth-order valence-corrected chi connectivity index (χ4v) is 6.09. The molecule has 0 unspecified atom stereocenters. The Balaban J connectivity index is 0.000000306. The quantitative estimate of drug-likeness (QED) is 0.0113. The molecule has 0 saturated carbocycles. The highest BCUT2D eigenvalue weighted by atomic mass is 16.7. The van der Waals surface area contributed by atoms with E-state index in [0.29, 0.717) is 62.1 Å². The third-order valence-electron chi connectivity index (χ3n) is 9.63. The molecule has 2 heterocycles. The Morgan fingerprint density at radius 2 is 0.931 bits per heavy atom. The summed E-state index contributed by atoms with van der Waals surface area (Å²) in [6.07, 6.45) is 3.16.